The summed E-state index contributed by atoms with van der Waals surface area (Å²) in [5, 5.41) is 8.14. The van der Waals surface area contributed by atoms with E-state index in [-0.39, 0.29) is 17.4 Å². The molecule has 2 N–H and O–H groups in total. The molecule has 2 aliphatic rings. The Morgan fingerprint density at radius 2 is 1.83 bits per heavy atom. The molecule has 3 amide bonds. The first-order valence-electron chi connectivity index (χ1n) is 8.46. The average Bonchev–Trinajstić information content (AvgIpc) is 2.96. The molecular weight excluding hydrogens is 302 g/mol. The van der Waals surface area contributed by atoms with Gasteiger partial charge in [0, 0.05) is 31.4 Å². The van der Waals surface area contributed by atoms with E-state index in [1.807, 2.05) is 47.4 Å². The molecule has 0 aromatic heterocycles. The fraction of sp³-hybridized carbons (Fsp3) is 0.368. The molecule has 4 rings (SSSR count). The van der Waals surface area contributed by atoms with Gasteiger partial charge >= 0.3 is 6.03 Å². The highest BCUT2D eigenvalue weighted by atomic mass is 16.2. The van der Waals surface area contributed by atoms with E-state index >= 15 is 0 Å². The lowest BCUT2D eigenvalue weighted by Gasteiger charge is -2.38. The van der Waals surface area contributed by atoms with Crippen LogP contribution < -0.4 is 10.6 Å². The van der Waals surface area contributed by atoms with Gasteiger partial charge in [-0.25, -0.2) is 4.79 Å². The van der Waals surface area contributed by atoms with Gasteiger partial charge in [0.25, 0.3) is 0 Å². The van der Waals surface area contributed by atoms with E-state index in [2.05, 4.69) is 10.6 Å². The van der Waals surface area contributed by atoms with Crippen LogP contribution in [-0.2, 0) is 4.79 Å². The fourth-order valence-electron chi connectivity index (χ4n) is 3.82. The first kappa shape index (κ1) is 15.0. The second kappa shape index (κ2) is 5.82. The molecular formula is C19H21N3O2. The number of hydrogen-bond acceptors (Lipinski definition) is 2. The maximum atomic E-state index is 12.6. The molecule has 5 heteroatoms. The molecule has 0 radical (unpaired) electrons. The lowest BCUT2D eigenvalue weighted by molar-refractivity contribution is -0.119. The summed E-state index contributed by atoms with van der Waals surface area (Å²) in [4.78, 5) is 26.0. The van der Waals surface area contributed by atoms with Crippen LogP contribution in [-0.4, -0.2) is 36.5 Å². The monoisotopic (exact) mass is 323 g/mol. The van der Waals surface area contributed by atoms with Gasteiger partial charge in [-0.2, -0.15) is 0 Å². The Morgan fingerprint density at radius 3 is 2.58 bits per heavy atom. The number of nitrogens with one attached hydrogen (secondary N) is 2. The highest BCUT2D eigenvalue weighted by Crippen LogP contribution is 2.37. The van der Waals surface area contributed by atoms with Crippen molar-refractivity contribution in [2.75, 3.05) is 25.0 Å². The van der Waals surface area contributed by atoms with Crippen LogP contribution in [0.4, 0.5) is 10.5 Å². The van der Waals surface area contributed by atoms with Crippen LogP contribution in [0.1, 0.15) is 19.3 Å². The fourth-order valence-corrected chi connectivity index (χ4v) is 3.82. The molecule has 2 aromatic carbocycles. The zero-order valence-electron chi connectivity index (χ0n) is 13.5. The van der Waals surface area contributed by atoms with E-state index in [0.717, 1.165) is 35.8 Å². The molecule has 2 saturated heterocycles. The molecule has 1 spiro atoms. The molecule has 0 aliphatic carbocycles. The van der Waals surface area contributed by atoms with Crippen LogP contribution in [0, 0.1) is 5.41 Å². The summed E-state index contributed by atoms with van der Waals surface area (Å²) in [5.41, 5.74) is 0.906. The number of urea groups is 1. The minimum absolute atomic E-state index is 0.0570. The number of likely N-dealkylation sites (tertiary alicyclic amines) is 1. The Hall–Kier alpha value is -2.56. The summed E-state index contributed by atoms with van der Waals surface area (Å²) in [6, 6.07) is 13.9. The summed E-state index contributed by atoms with van der Waals surface area (Å²) in [6.07, 6.45) is 2.37. The van der Waals surface area contributed by atoms with Crippen molar-refractivity contribution >= 4 is 28.4 Å². The van der Waals surface area contributed by atoms with Crippen molar-refractivity contribution in [3.63, 3.8) is 0 Å². The summed E-state index contributed by atoms with van der Waals surface area (Å²) in [7, 11) is 0. The maximum absolute atomic E-state index is 12.6. The van der Waals surface area contributed by atoms with E-state index < -0.39 is 0 Å². The summed E-state index contributed by atoms with van der Waals surface area (Å²) in [6.45, 7) is 2.15. The second-order valence-electron chi connectivity index (χ2n) is 6.90. The highest BCUT2D eigenvalue weighted by molar-refractivity contribution is 6.01. The molecule has 24 heavy (non-hydrogen) atoms. The first-order valence-corrected chi connectivity index (χ1v) is 8.46. The van der Waals surface area contributed by atoms with Crippen LogP contribution in [0.3, 0.4) is 0 Å². The summed E-state index contributed by atoms with van der Waals surface area (Å²) >= 11 is 0. The number of amides is 3. The molecule has 2 aliphatic heterocycles. The van der Waals surface area contributed by atoms with Crippen LogP contribution in [0.15, 0.2) is 42.5 Å². The van der Waals surface area contributed by atoms with Crippen molar-refractivity contribution in [2.45, 2.75) is 19.3 Å². The van der Waals surface area contributed by atoms with Crippen molar-refractivity contribution in [2.24, 2.45) is 5.41 Å². The Labute approximate surface area is 141 Å². The lowest BCUT2D eigenvalue weighted by Crippen LogP contribution is -2.45. The number of nitrogens with zero attached hydrogens (tertiary/aromatic N) is 1. The molecule has 5 nitrogen and oxygen atoms in total. The molecule has 0 saturated carbocycles. The maximum Gasteiger partial charge on any atom is 0.321 e. The van der Waals surface area contributed by atoms with Gasteiger partial charge in [-0.1, -0.05) is 36.4 Å². The van der Waals surface area contributed by atoms with Crippen molar-refractivity contribution in [3.8, 4) is 0 Å². The largest absolute Gasteiger partial charge is 0.356 e. The number of benzene rings is 2. The molecule has 0 atom stereocenters. The van der Waals surface area contributed by atoms with E-state index in [0.29, 0.717) is 19.5 Å². The lowest BCUT2D eigenvalue weighted by atomic mass is 9.78. The van der Waals surface area contributed by atoms with Gasteiger partial charge in [-0.3, -0.25) is 4.79 Å². The number of piperidine rings is 1. The zero-order valence-corrected chi connectivity index (χ0v) is 13.5. The van der Waals surface area contributed by atoms with Crippen molar-refractivity contribution in [1.82, 2.24) is 10.2 Å². The van der Waals surface area contributed by atoms with E-state index in [1.165, 1.54) is 0 Å². The highest BCUT2D eigenvalue weighted by Gasteiger charge is 2.41. The Bertz CT molecular complexity index is 789. The molecule has 2 heterocycles. The third kappa shape index (κ3) is 2.70. The van der Waals surface area contributed by atoms with Crippen molar-refractivity contribution < 1.29 is 9.59 Å². The minimum Gasteiger partial charge on any atom is -0.356 e. The van der Waals surface area contributed by atoms with Gasteiger partial charge in [0.1, 0.15) is 0 Å². The number of hydrogen-bond donors (Lipinski definition) is 2. The number of rotatable bonds is 1. The van der Waals surface area contributed by atoms with E-state index in [4.69, 9.17) is 0 Å². The van der Waals surface area contributed by atoms with Crippen molar-refractivity contribution in [1.29, 1.82) is 0 Å². The zero-order chi connectivity index (χ0) is 16.6. The van der Waals surface area contributed by atoms with Crippen molar-refractivity contribution in [3.05, 3.63) is 42.5 Å². The number of carbonyl (C=O) groups is 2. The van der Waals surface area contributed by atoms with Crippen LogP contribution >= 0.6 is 0 Å². The molecule has 2 fully saturated rings. The van der Waals surface area contributed by atoms with E-state index in [1.54, 1.807) is 0 Å². The van der Waals surface area contributed by atoms with Gasteiger partial charge in [-0.05, 0) is 29.7 Å². The topological polar surface area (TPSA) is 61.4 Å². The predicted octanol–water partition coefficient (Wildman–Crippen LogP) is 2.97. The van der Waals surface area contributed by atoms with Crippen LogP contribution in [0.2, 0.25) is 0 Å². The Morgan fingerprint density at radius 1 is 1.08 bits per heavy atom. The van der Waals surface area contributed by atoms with E-state index in [9.17, 15) is 9.59 Å². The van der Waals surface area contributed by atoms with Gasteiger partial charge in [0.2, 0.25) is 5.91 Å². The Kier molecular flexibility index (Phi) is 3.63. The minimum atomic E-state index is -0.0570. The van der Waals surface area contributed by atoms with Gasteiger partial charge in [0.05, 0.1) is 5.69 Å². The average molecular weight is 323 g/mol. The summed E-state index contributed by atoms with van der Waals surface area (Å²) in [5.74, 6) is 0.142. The third-order valence-electron chi connectivity index (χ3n) is 5.34. The molecule has 0 bridgehead atoms. The Balaban J connectivity index is 1.44. The number of carbonyl (C=O) groups excluding carboxylic acids is 2. The molecule has 0 unspecified atom stereocenters. The van der Waals surface area contributed by atoms with Gasteiger partial charge < -0.3 is 15.5 Å². The smallest absolute Gasteiger partial charge is 0.321 e. The van der Waals surface area contributed by atoms with Crippen LogP contribution in [0.25, 0.3) is 10.8 Å². The molecule has 124 valence electrons. The standard InChI is InChI=1S/C19H21N3O2/c23-17-12-19(13-20-17)8-10-22(11-9-19)18(24)21-16-7-3-5-14-4-1-2-6-15(14)16/h1-7H,8-13H2,(H,20,23)(H,21,24). The number of fused-ring (bicyclic) bond motifs is 1. The first-order chi connectivity index (χ1) is 11.7. The third-order valence-corrected chi connectivity index (χ3v) is 5.34. The van der Waals surface area contributed by atoms with Gasteiger partial charge in [-0.15, -0.1) is 0 Å². The second-order valence-corrected chi connectivity index (χ2v) is 6.90. The predicted molar refractivity (Wildman–Crippen MR) is 93.8 cm³/mol. The normalized spacial score (nSPS) is 19.5. The number of anilines is 1. The van der Waals surface area contributed by atoms with Gasteiger partial charge in [0.15, 0.2) is 0 Å². The molecule has 2 aromatic rings. The summed E-state index contributed by atoms with van der Waals surface area (Å²) < 4.78 is 0. The quantitative estimate of drug-likeness (QED) is 0.847. The van der Waals surface area contributed by atoms with Crippen LogP contribution in [0.5, 0.6) is 0 Å². The SMILES string of the molecule is O=C1CC2(CCN(C(=O)Nc3cccc4ccccc34)CC2)CN1.